The van der Waals surface area contributed by atoms with Crippen molar-refractivity contribution in [2.75, 3.05) is 19.6 Å². The van der Waals surface area contributed by atoms with E-state index in [2.05, 4.69) is 10.6 Å². The van der Waals surface area contributed by atoms with Crippen LogP contribution in [0.1, 0.15) is 24.2 Å². The first-order chi connectivity index (χ1) is 9.06. The van der Waals surface area contributed by atoms with E-state index in [1.54, 1.807) is 18.2 Å². The van der Waals surface area contributed by atoms with Gasteiger partial charge in [0.05, 0.1) is 11.7 Å². The van der Waals surface area contributed by atoms with E-state index in [1.807, 2.05) is 13.8 Å². The van der Waals surface area contributed by atoms with E-state index in [9.17, 15) is 4.79 Å². The quantitative estimate of drug-likeness (QED) is 0.877. The fourth-order valence-corrected chi connectivity index (χ4v) is 2.03. The number of carbonyl (C=O) groups excluding carboxylic acids is 1. The van der Waals surface area contributed by atoms with Crippen LogP contribution in [0.2, 0.25) is 5.02 Å². The molecule has 1 aliphatic rings. The predicted octanol–water partition coefficient (Wildman–Crippen LogP) is 2.50. The van der Waals surface area contributed by atoms with Gasteiger partial charge < -0.3 is 15.4 Å². The van der Waals surface area contributed by atoms with Gasteiger partial charge in [-0.2, -0.15) is 0 Å². The number of rotatable bonds is 5. The minimum absolute atomic E-state index is 0. The molecule has 2 N–H and O–H groups in total. The minimum atomic E-state index is -0.134. The molecular formula is C14H20Cl2N2O2. The van der Waals surface area contributed by atoms with Crippen LogP contribution in [0.25, 0.3) is 0 Å². The Balaban J connectivity index is 0.00000200. The summed E-state index contributed by atoms with van der Waals surface area (Å²) in [6.07, 6.45) is 0.0172. The largest absolute Gasteiger partial charge is 0.490 e. The molecule has 1 heterocycles. The molecule has 0 bridgehead atoms. The van der Waals surface area contributed by atoms with Gasteiger partial charge in [0.2, 0.25) is 0 Å². The number of hydrogen-bond acceptors (Lipinski definition) is 3. The predicted molar refractivity (Wildman–Crippen MR) is 83.2 cm³/mol. The van der Waals surface area contributed by atoms with Crippen LogP contribution in [0, 0.1) is 5.92 Å². The second-order valence-electron chi connectivity index (χ2n) is 5.04. The van der Waals surface area contributed by atoms with Gasteiger partial charge in [-0.15, -0.1) is 12.4 Å². The highest BCUT2D eigenvalue weighted by Crippen LogP contribution is 2.24. The first kappa shape index (κ1) is 17.1. The first-order valence-corrected chi connectivity index (χ1v) is 6.89. The summed E-state index contributed by atoms with van der Waals surface area (Å²) in [5, 5.41) is 6.63. The Labute approximate surface area is 130 Å². The topological polar surface area (TPSA) is 50.4 Å². The molecule has 6 heteroatoms. The maximum atomic E-state index is 12.2. The number of halogens is 2. The maximum Gasteiger partial charge on any atom is 0.255 e. The van der Waals surface area contributed by atoms with E-state index in [0.717, 1.165) is 13.1 Å². The number of ether oxygens (including phenoxy) is 1. The van der Waals surface area contributed by atoms with Crippen LogP contribution in [-0.4, -0.2) is 31.6 Å². The highest BCUT2D eigenvalue weighted by molar-refractivity contribution is 6.31. The zero-order valence-electron chi connectivity index (χ0n) is 11.6. The number of carbonyl (C=O) groups is 1. The lowest BCUT2D eigenvalue weighted by Gasteiger charge is -2.27. The van der Waals surface area contributed by atoms with Crippen molar-refractivity contribution in [1.82, 2.24) is 10.6 Å². The molecule has 1 fully saturated rings. The fourth-order valence-electron chi connectivity index (χ4n) is 1.86. The Hall–Kier alpha value is -0.970. The lowest BCUT2D eigenvalue weighted by Crippen LogP contribution is -2.48. The van der Waals surface area contributed by atoms with Gasteiger partial charge in [0, 0.05) is 30.6 Å². The average Bonchev–Trinajstić information content (AvgIpc) is 2.28. The first-order valence-electron chi connectivity index (χ1n) is 6.51. The van der Waals surface area contributed by atoms with Gasteiger partial charge in [-0.1, -0.05) is 11.6 Å². The third kappa shape index (κ3) is 4.54. The number of benzene rings is 1. The highest BCUT2D eigenvalue weighted by atomic mass is 35.5. The Morgan fingerprint density at radius 3 is 2.75 bits per heavy atom. The molecular weight excluding hydrogens is 299 g/mol. The second kappa shape index (κ2) is 7.72. The van der Waals surface area contributed by atoms with Crippen molar-refractivity contribution in [2.24, 2.45) is 5.92 Å². The smallest absolute Gasteiger partial charge is 0.255 e. The molecule has 0 unspecified atom stereocenters. The van der Waals surface area contributed by atoms with Gasteiger partial charge >= 0.3 is 0 Å². The highest BCUT2D eigenvalue weighted by Gasteiger charge is 2.19. The van der Waals surface area contributed by atoms with Crippen LogP contribution >= 0.6 is 24.0 Å². The molecule has 0 aromatic heterocycles. The number of amides is 1. The van der Waals surface area contributed by atoms with Crippen molar-refractivity contribution >= 4 is 29.9 Å². The van der Waals surface area contributed by atoms with Gasteiger partial charge in [-0.05, 0) is 32.0 Å². The number of nitrogens with one attached hydrogen (secondary N) is 2. The third-order valence-corrected chi connectivity index (χ3v) is 3.20. The molecule has 0 spiro atoms. The number of hydrogen-bond donors (Lipinski definition) is 2. The molecule has 0 aliphatic carbocycles. The van der Waals surface area contributed by atoms with Crippen molar-refractivity contribution in [3.8, 4) is 5.75 Å². The van der Waals surface area contributed by atoms with Crippen molar-refractivity contribution in [2.45, 2.75) is 20.0 Å². The van der Waals surface area contributed by atoms with Crippen molar-refractivity contribution < 1.29 is 9.53 Å². The van der Waals surface area contributed by atoms with Gasteiger partial charge in [0.15, 0.2) is 0 Å². The average molecular weight is 319 g/mol. The summed E-state index contributed by atoms with van der Waals surface area (Å²) < 4.78 is 5.64. The standard InChI is InChI=1S/C14H19ClN2O2.ClH/c1-9(2)19-13-4-3-11(15)5-12(13)14(18)17-8-10-6-16-7-10;/h3-5,9-10,16H,6-8H2,1-2H3,(H,17,18);1H. The van der Waals surface area contributed by atoms with Crippen molar-refractivity contribution in [1.29, 1.82) is 0 Å². The minimum Gasteiger partial charge on any atom is -0.490 e. The van der Waals surface area contributed by atoms with Gasteiger partial charge in [0.1, 0.15) is 5.75 Å². The van der Waals surface area contributed by atoms with E-state index in [0.29, 0.717) is 28.8 Å². The Bertz CT molecular complexity index is 462. The van der Waals surface area contributed by atoms with Crippen LogP contribution in [0.4, 0.5) is 0 Å². The molecule has 0 radical (unpaired) electrons. The summed E-state index contributed by atoms with van der Waals surface area (Å²) in [5.74, 6) is 0.964. The zero-order valence-corrected chi connectivity index (χ0v) is 13.2. The zero-order chi connectivity index (χ0) is 13.8. The van der Waals surface area contributed by atoms with E-state index in [1.165, 1.54) is 0 Å². The fraction of sp³-hybridized carbons (Fsp3) is 0.500. The van der Waals surface area contributed by atoms with Gasteiger partial charge in [0.25, 0.3) is 5.91 Å². The van der Waals surface area contributed by atoms with Crippen LogP contribution < -0.4 is 15.4 Å². The molecule has 1 saturated heterocycles. The van der Waals surface area contributed by atoms with Crippen LogP contribution in [0.15, 0.2) is 18.2 Å². The van der Waals surface area contributed by atoms with Crippen LogP contribution in [0.3, 0.4) is 0 Å². The van der Waals surface area contributed by atoms with E-state index in [-0.39, 0.29) is 24.4 Å². The third-order valence-electron chi connectivity index (χ3n) is 2.97. The van der Waals surface area contributed by atoms with Gasteiger partial charge in [-0.3, -0.25) is 4.79 Å². The van der Waals surface area contributed by atoms with Gasteiger partial charge in [-0.25, -0.2) is 0 Å². The normalized spacial score (nSPS) is 14.4. The molecule has 0 saturated carbocycles. The lowest BCUT2D eigenvalue weighted by molar-refractivity contribution is 0.0936. The van der Waals surface area contributed by atoms with E-state index in [4.69, 9.17) is 16.3 Å². The summed E-state index contributed by atoms with van der Waals surface area (Å²) in [7, 11) is 0. The summed E-state index contributed by atoms with van der Waals surface area (Å²) in [5.41, 5.74) is 0.494. The SMILES string of the molecule is CC(C)Oc1ccc(Cl)cc1C(=O)NCC1CNC1.Cl. The molecule has 2 rings (SSSR count). The van der Waals surface area contributed by atoms with E-state index >= 15 is 0 Å². The maximum absolute atomic E-state index is 12.2. The van der Waals surface area contributed by atoms with Crippen LogP contribution in [-0.2, 0) is 0 Å². The lowest BCUT2D eigenvalue weighted by atomic mass is 10.0. The van der Waals surface area contributed by atoms with Crippen LogP contribution in [0.5, 0.6) is 5.75 Å². The molecule has 0 atom stereocenters. The molecule has 20 heavy (non-hydrogen) atoms. The van der Waals surface area contributed by atoms with Crippen molar-refractivity contribution in [3.05, 3.63) is 28.8 Å². The summed E-state index contributed by atoms with van der Waals surface area (Å²) in [6, 6.07) is 5.11. The summed E-state index contributed by atoms with van der Waals surface area (Å²) >= 11 is 5.95. The van der Waals surface area contributed by atoms with E-state index < -0.39 is 0 Å². The molecule has 4 nitrogen and oxygen atoms in total. The molecule has 1 aliphatic heterocycles. The summed E-state index contributed by atoms with van der Waals surface area (Å²) in [6.45, 7) is 6.46. The molecule has 112 valence electrons. The monoisotopic (exact) mass is 318 g/mol. The van der Waals surface area contributed by atoms with Crippen molar-refractivity contribution in [3.63, 3.8) is 0 Å². The molecule has 1 aromatic carbocycles. The molecule has 1 aromatic rings. The Kier molecular flexibility index (Phi) is 6.59. The summed E-state index contributed by atoms with van der Waals surface area (Å²) in [4.78, 5) is 12.2. The molecule has 1 amide bonds. The second-order valence-corrected chi connectivity index (χ2v) is 5.48. The Morgan fingerprint density at radius 1 is 1.50 bits per heavy atom. The Morgan fingerprint density at radius 2 is 2.20 bits per heavy atom.